The number of benzene rings is 2. The van der Waals surface area contributed by atoms with Crippen LogP contribution in [0.15, 0.2) is 51.8 Å². The molecular formula is C22H21BrN2OS. The molecule has 5 heteroatoms. The Labute approximate surface area is 172 Å². The number of carbonyl (C=O) groups is 1. The molecule has 4 rings (SSSR count). The second-order valence-corrected chi connectivity index (χ2v) is 8.75. The van der Waals surface area contributed by atoms with Crippen molar-refractivity contribution >= 4 is 50.2 Å². The molecule has 1 amide bonds. The van der Waals surface area contributed by atoms with E-state index in [1.165, 1.54) is 29.0 Å². The van der Waals surface area contributed by atoms with Crippen LogP contribution < -0.4 is 5.32 Å². The second-order valence-electron chi connectivity index (χ2n) is 6.91. The smallest absolute Gasteiger partial charge is 0.234 e. The molecule has 1 aromatic heterocycles. The molecule has 0 spiro atoms. The van der Waals surface area contributed by atoms with Crippen molar-refractivity contribution in [3.05, 3.63) is 63.8 Å². The number of rotatable bonds is 4. The number of nitrogens with zero attached hydrogens (tertiary/aromatic N) is 1. The first kappa shape index (κ1) is 18.5. The van der Waals surface area contributed by atoms with Gasteiger partial charge >= 0.3 is 0 Å². The number of pyridine rings is 1. The van der Waals surface area contributed by atoms with Crippen molar-refractivity contribution in [1.82, 2.24) is 4.98 Å². The zero-order chi connectivity index (χ0) is 18.8. The first-order valence-electron chi connectivity index (χ1n) is 9.21. The van der Waals surface area contributed by atoms with E-state index in [0.717, 1.165) is 39.5 Å². The van der Waals surface area contributed by atoms with E-state index in [0.29, 0.717) is 5.75 Å². The van der Waals surface area contributed by atoms with Gasteiger partial charge < -0.3 is 5.32 Å². The molecule has 3 aromatic rings. The number of nitrogens with one attached hydrogen (secondary N) is 1. The quantitative estimate of drug-likeness (QED) is 0.512. The lowest BCUT2D eigenvalue weighted by Gasteiger charge is -2.20. The molecule has 27 heavy (non-hydrogen) atoms. The van der Waals surface area contributed by atoms with Crippen molar-refractivity contribution < 1.29 is 4.79 Å². The Kier molecular flexibility index (Phi) is 5.50. The van der Waals surface area contributed by atoms with Gasteiger partial charge in [0.15, 0.2) is 0 Å². The molecule has 138 valence electrons. The molecule has 1 aliphatic carbocycles. The normalized spacial score (nSPS) is 13.4. The molecule has 1 aliphatic rings. The number of hydrogen-bond donors (Lipinski definition) is 1. The van der Waals surface area contributed by atoms with Gasteiger partial charge in [0, 0.05) is 20.4 Å². The SMILES string of the molecule is Cc1ccc(NC(=O)CSc2c3c(nc4ccccc24)CCCC3)c(Br)c1. The number of para-hydroxylation sites is 1. The number of carbonyl (C=O) groups excluding carboxylic acids is 1. The van der Waals surface area contributed by atoms with E-state index in [4.69, 9.17) is 4.98 Å². The summed E-state index contributed by atoms with van der Waals surface area (Å²) in [6, 6.07) is 14.2. The van der Waals surface area contributed by atoms with E-state index in [1.807, 2.05) is 37.3 Å². The van der Waals surface area contributed by atoms with Crippen molar-refractivity contribution in [1.29, 1.82) is 0 Å². The number of halogens is 1. The Morgan fingerprint density at radius 2 is 2.00 bits per heavy atom. The molecular weight excluding hydrogens is 420 g/mol. The fourth-order valence-corrected chi connectivity index (χ4v) is 5.20. The molecule has 0 unspecified atom stereocenters. The molecule has 0 saturated carbocycles. The highest BCUT2D eigenvalue weighted by atomic mass is 79.9. The van der Waals surface area contributed by atoms with Crippen molar-refractivity contribution in [3.63, 3.8) is 0 Å². The number of hydrogen-bond acceptors (Lipinski definition) is 3. The number of aromatic nitrogens is 1. The highest BCUT2D eigenvalue weighted by Gasteiger charge is 2.19. The van der Waals surface area contributed by atoms with Gasteiger partial charge in [-0.15, -0.1) is 11.8 Å². The van der Waals surface area contributed by atoms with Gasteiger partial charge in [-0.3, -0.25) is 9.78 Å². The number of anilines is 1. The number of thioether (sulfide) groups is 1. The standard InChI is InChI=1S/C22H21BrN2OS/c1-14-10-11-20(17(23)12-14)25-21(26)13-27-22-15-6-2-4-8-18(15)24-19-9-5-3-7-16(19)22/h2,4,6,8,10-12H,3,5,7,9,13H2,1H3,(H,25,26). The predicted octanol–water partition coefficient (Wildman–Crippen LogP) is 5.92. The monoisotopic (exact) mass is 440 g/mol. The Morgan fingerprint density at radius 3 is 2.85 bits per heavy atom. The molecule has 0 atom stereocenters. The summed E-state index contributed by atoms with van der Waals surface area (Å²) < 4.78 is 0.910. The van der Waals surface area contributed by atoms with Crippen LogP contribution in [-0.4, -0.2) is 16.6 Å². The van der Waals surface area contributed by atoms with Crippen LogP contribution in [0.2, 0.25) is 0 Å². The van der Waals surface area contributed by atoms with Gasteiger partial charge in [-0.1, -0.05) is 24.3 Å². The van der Waals surface area contributed by atoms with E-state index in [-0.39, 0.29) is 5.91 Å². The van der Waals surface area contributed by atoms with Crippen molar-refractivity contribution in [2.45, 2.75) is 37.5 Å². The average Bonchev–Trinajstić information content (AvgIpc) is 2.67. The van der Waals surface area contributed by atoms with Crippen LogP contribution in [0.3, 0.4) is 0 Å². The lowest BCUT2D eigenvalue weighted by Crippen LogP contribution is -2.15. The maximum atomic E-state index is 12.6. The van der Waals surface area contributed by atoms with Crippen LogP contribution in [0.4, 0.5) is 5.69 Å². The van der Waals surface area contributed by atoms with Gasteiger partial charge in [0.2, 0.25) is 5.91 Å². The van der Waals surface area contributed by atoms with Gasteiger partial charge in [-0.2, -0.15) is 0 Å². The average molecular weight is 441 g/mol. The first-order valence-corrected chi connectivity index (χ1v) is 11.0. The third-order valence-electron chi connectivity index (χ3n) is 4.86. The van der Waals surface area contributed by atoms with Gasteiger partial charge in [0.25, 0.3) is 0 Å². The summed E-state index contributed by atoms with van der Waals surface area (Å²) in [7, 11) is 0. The number of fused-ring (bicyclic) bond motifs is 2. The van der Waals surface area contributed by atoms with E-state index >= 15 is 0 Å². The Morgan fingerprint density at radius 1 is 1.19 bits per heavy atom. The van der Waals surface area contributed by atoms with E-state index in [1.54, 1.807) is 11.8 Å². The summed E-state index contributed by atoms with van der Waals surface area (Å²) in [5.74, 6) is 0.399. The Bertz CT molecular complexity index is 1020. The van der Waals surface area contributed by atoms with Crippen molar-refractivity contribution in [2.75, 3.05) is 11.1 Å². The van der Waals surface area contributed by atoms with Crippen LogP contribution in [0.25, 0.3) is 10.9 Å². The summed E-state index contributed by atoms with van der Waals surface area (Å²) in [5.41, 5.74) is 5.55. The largest absolute Gasteiger partial charge is 0.324 e. The van der Waals surface area contributed by atoms with Gasteiger partial charge in [0.05, 0.1) is 17.0 Å². The van der Waals surface area contributed by atoms with E-state index < -0.39 is 0 Å². The maximum Gasteiger partial charge on any atom is 0.234 e. The number of amides is 1. The van der Waals surface area contributed by atoms with Crippen LogP contribution in [0.5, 0.6) is 0 Å². The van der Waals surface area contributed by atoms with Gasteiger partial charge in [-0.05, 0) is 77.9 Å². The molecule has 0 saturated heterocycles. The highest BCUT2D eigenvalue weighted by Crippen LogP contribution is 2.36. The second kappa shape index (κ2) is 8.03. The maximum absolute atomic E-state index is 12.6. The number of aryl methyl sites for hydroxylation is 2. The minimum absolute atomic E-state index is 0.00926. The fraction of sp³-hybridized carbons (Fsp3) is 0.273. The molecule has 0 radical (unpaired) electrons. The summed E-state index contributed by atoms with van der Waals surface area (Å²) in [6.45, 7) is 2.03. The van der Waals surface area contributed by atoms with Crippen molar-refractivity contribution in [2.24, 2.45) is 0 Å². The van der Waals surface area contributed by atoms with Crippen LogP contribution in [-0.2, 0) is 17.6 Å². The summed E-state index contributed by atoms with van der Waals surface area (Å²) in [6.07, 6.45) is 4.49. The summed E-state index contributed by atoms with van der Waals surface area (Å²) >= 11 is 5.16. The molecule has 2 aromatic carbocycles. The topological polar surface area (TPSA) is 42.0 Å². The molecule has 1 N–H and O–H groups in total. The highest BCUT2D eigenvalue weighted by molar-refractivity contribution is 9.10. The third kappa shape index (κ3) is 4.04. The molecule has 1 heterocycles. The predicted molar refractivity (Wildman–Crippen MR) is 117 cm³/mol. The Hall–Kier alpha value is -1.85. The minimum Gasteiger partial charge on any atom is -0.324 e. The van der Waals surface area contributed by atoms with E-state index in [9.17, 15) is 4.79 Å². The van der Waals surface area contributed by atoms with Crippen LogP contribution >= 0.6 is 27.7 Å². The summed E-state index contributed by atoms with van der Waals surface area (Å²) in [4.78, 5) is 18.7. The molecule has 0 bridgehead atoms. The lowest BCUT2D eigenvalue weighted by molar-refractivity contribution is -0.113. The molecule has 0 aliphatic heterocycles. The van der Waals surface area contributed by atoms with E-state index in [2.05, 4.69) is 33.4 Å². The first-order chi connectivity index (χ1) is 13.1. The minimum atomic E-state index is 0.00926. The third-order valence-corrected chi connectivity index (χ3v) is 6.68. The molecule has 0 fully saturated rings. The lowest BCUT2D eigenvalue weighted by atomic mass is 9.94. The zero-order valence-electron chi connectivity index (χ0n) is 15.2. The van der Waals surface area contributed by atoms with Gasteiger partial charge in [-0.25, -0.2) is 0 Å². The fourth-order valence-electron chi connectivity index (χ4n) is 3.54. The van der Waals surface area contributed by atoms with Crippen molar-refractivity contribution in [3.8, 4) is 0 Å². The summed E-state index contributed by atoms with van der Waals surface area (Å²) in [5, 5.41) is 4.17. The molecule has 3 nitrogen and oxygen atoms in total. The van der Waals surface area contributed by atoms with Crippen LogP contribution in [0.1, 0.15) is 29.7 Å². The Balaban J connectivity index is 1.57. The van der Waals surface area contributed by atoms with Gasteiger partial charge in [0.1, 0.15) is 0 Å². The zero-order valence-corrected chi connectivity index (χ0v) is 17.6. The van der Waals surface area contributed by atoms with Crippen LogP contribution in [0, 0.1) is 6.92 Å².